The normalized spacial score (nSPS) is 11.0. The highest BCUT2D eigenvalue weighted by molar-refractivity contribution is 5.76. The van der Waals surface area contributed by atoms with E-state index in [0.29, 0.717) is 12.1 Å². The molecule has 0 N–H and O–H groups in total. The molecule has 0 amide bonds. The zero-order valence-corrected chi connectivity index (χ0v) is 13.2. The van der Waals surface area contributed by atoms with E-state index < -0.39 is 0 Å². The lowest BCUT2D eigenvalue weighted by Crippen LogP contribution is -2.07. The minimum atomic E-state index is -0.180. The first-order chi connectivity index (χ1) is 11.8. The van der Waals surface area contributed by atoms with Crippen LogP contribution in [0, 0.1) is 5.82 Å². The van der Waals surface area contributed by atoms with Gasteiger partial charge in [0.1, 0.15) is 11.6 Å². The number of fused-ring (bicyclic) bond motifs is 1. The van der Waals surface area contributed by atoms with Crippen molar-refractivity contribution in [2.45, 2.75) is 13.0 Å². The lowest BCUT2D eigenvalue weighted by atomic mass is 10.1. The molecule has 0 radical (unpaired) electrons. The van der Waals surface area contributed by atoms with Gasteiger partial charge in [-0.1, -0.05) is 60.7 Å². The molecule has 0 aliphatic heterocycles. The smallest absolute Gasteiger partial charge is 0.128 e. The molecule has 4 rings (SSSR count). The molecule has 0 aliphatic rings. The number of nitrogens with zero attached hydrogens (tertiary/aromatic N) is 2. The molecule has 1 heterocycles. The van der Waals surface area contributed by atoms with Gasteiger partial charge in [0.15, 0.2) is 0 Å². The van der Waals surface area contributed by atoms with Crippen LogP contribution in [0.5, 0.6) is 0 Å². The Morgan fingerprint density at radius 3 is 2.33 bits per heavy atom. The van der Waals surface area contributed by atoms with Crippen LogP contribution in [-0.4, -0.2) is 9.55 Å². The molecule has 118 valence electrons. The van der Waals surface area contributed by atoms with Crippen LogP contribution in [0.4, 0.5) is 4.39 Å². The largest absolute Gasteiger partial charge is 0.323 e. The van der Waals surface area contributed by atoms with Crippen LogP contribution in [0.1, 0.15) is 17.0 Å². The molecule has 24 heavy (non-hydrogen) atoms. The summed E-state index contributed by atoms with van der Waals surface area (Å²) in [6.07, 6.45) is 0.726. The van der Waals surface area contributed by atoms with Crippen molar-refractivity contribution in [2.24, 2.45) is 0 Å². The number of rotatable bonds is 4. The quantitative estimate of drug-likeness (QED) is 0.528. The van der Waals surface area contributed by atoms with Crippen molar-refractivity contribution < 1.29 is 4.39 Å². The second-order valence-electron chi connectivity index (χ2n) is 5.86. The molecule has 0 unspecified atom stereocenters. The van der Waals surface area contributed by atoms with Crippen LogP contribution < -0.4 is 0 Å². The molecular formula is C21H17FN2. The average Bonchev–Trinajstić information content (AvgIpc) is 2.95. The van der Waals surface area contributed by atoms with E-state index in [1.807, 2.05) is 54.6 Å². The monoisotopic (exact) mass is 316 g/mol. The van der Waals surface area contributed by atoms with E-state index in [1.54, 1.807) is 6.07 Å². The third-order valence-electron chi connectivity index (χ3n) is 4.22. The number of benzene rings is 3. The van der Waals surface area contributed by atoms with Crippen LogP contribution >= 0.6 is 0 Å². The van der Waals surface area contributed by atoms with Gasteiger partial charge in [-0.3, -0.25) is 0 Å². The van der Waals surface area contributed by atoms with Gasteiger partial charge in [-0.2, -0.15) is 0 Å². The first kappa shape index (κ1) is 14.6. The highest BCUT2D eigenvalue weighted by atomic mass is 19.1. The van der Waals surface area contributed by atoms with Gasteiger partial charge in [0.2, 0.25) is 0 Å². The molecule has 1 aromatic heterocycles. The molecule has 0 fully saturated rings. The summed E-state index contributed by atoms with van der Waals surface area (Å²) in [6, 6.07) is 25.2. The summed E-state index contributed by atoms with van der Waals surface area (Å²) in [5, 5.41) is 0. The molecule has 2 nitrogen and oxygen atoms in total. The van der Waals surface area contributed by atoms with E-state index >= 15 is 0 Å². The second-order valence-corrected chi connectivity index (χ2v) is 5.86. The Morgan fingerprint density at radius 2 is 1.50 bits per heavy atom. The third-order valence-corrected chi connectivity index (χ3v) is 4.22. The predicted octanol–water partition coefficient (Wildman–Crippen LogP) is 4.81. The van der Waals surface area contributed by atoms with E-state index in [9.17, 15) is 4.39 Å². The lowest BCUT2D eigenvalue weighted by Gasteiger charge is -2.10. The predicted molar refractivity (Wildman–Crippen MR) is 94.5 cm³/mol. The molecular weight excluding hydrogens is 299 g/mol. The van der Waals surface area contributed by atoms with Gasteiger partial charge in [-0.05, 0) is 23.8 Å². The minimum Gasteiger partial charge on any atom is -0.323 e. The SMILES string of the molecule is Fc1ccccc1Cn1c(Cc2ccccc2)nc2ccccc21. The van der Waals surface area contributed by atoms with Crippen molar-refractivity contribution in [2.75, 3.05) is 0 Å². The van der Waals surface area contributed by atoms with E-state index in [1.165, 1.54) is 11.6 Å². The maximum atomic E-state index is 14.1. The van der Waals surface area contributed by atoms with Crippen LogP contribution in [0.3, 0.4) is 0 Å². The Kier molecular flexibility index (Phi) is 3.83. The molecule has 4 aromatic rings. The lowest BCUT2D eigenvalue weighted by molar-refractivity contribution is 0.598. The number of hydrogen-bond acceptors (Lipinski definition) is 1. The number of hydrogen-bond donors (Lipinski definition) is 0. The molecule has 3 heteroatoms. The van der Waals surface area contributed by atoms with Crippen molar-refractivity contribution in [1.29, 1.82) is 0 Å². The van der Waals surface area contributed by atoms with E-state index in [-0.39, 0.29) is 5.82 Å². The maximum absolute atomic E-state index is 14.1. The summed E-state index contributed by atoms with van der Waals surface area (Å²) in [5.74, 6) is 0.770. The first-order valence-electron chi connectivity index (χ1n) is 8.03. The highest BCUT2D eigenvalue weighted by Gasteiger charge is 2.13. The molecule has 3 aromatic carbocycles. The first-order valence-corrected chi connectivity index (χ1v) is 8.03. The topological polar surface area (TPSA) is 17.8 Å². The second kappa shape index (κ2) is 6.28. The molecule has 0 saturated heterocycles. The Bertz CT molecular complexity index is 973. The van der Waals surface area contributed by atoms with E-state index in [4.69, 9.17) is 4.98 Å². The molecule has 0 atom stereocenters. The van der Waals surface area contributed by atoms with E-state index in [2.05, 4.69) is 16.7 Å². The van der Waals surface area contributed by atoms with Gasteiger partial charge in [-0.25, -0.2) is 9.37 Å². The van der Waals surface area contributed by atoms with Crippen molar-refractivity contribution in [1.82, 2.24) is 9.55 Å². The number of para-hydroxylation sites is 2. The van der Waals surface area contributed by atoms with Crippen molar-refractivity contribution >= 4 is 11.0 Å². The zero-order chi connectivity index (χ0) is 16.4. The summed E-state index contributed by atoms with van der Waals surface area (Å²) < 4.78 is 16.2. The average molecular weight is 316 g/mol. The third kappa shape index (κ3) is 2.81. The summed E-state index contributed by atoms with van der Waals surface area (Å²) >= 11 is 0. The van der Waals surface area contributed by atoms with Gasteiger partial charge >= 0.3 is 0 Å². The van der Waals surface area contributed by atoms with Crippen molar-refractivity contribution in [3.8, 4) is 0 Å². The summed E-state index contributed by atoms with van der Waals surface area (Å²) in [6.45, 7) is 0.482. The van der Waals surface area contributed by atoms with Gasteiger partial charge in [0.05, 0.1) is 17.6 Å². The standard InChI is InChI=1S/C21H17FN2/c22-18-11-5-4-10-17(18)15-24-20-13-7-6-12-19(20)23-21(24)14-16-8-2-1-3-9-16/h1-13H,14-15H2. The van der Waals surface area contributed by atoms with Crippen LogP contribution in [0.25, 0.3) is 11.0 Å². The highest BCUT2D eigenvalue weighted by Crippen LogP contribution is 2.21. The fraction of sp³-hybridized carbons (Fsp3) is 0.0952. The summed E-state index contributed by atoms with van der Waals surface area (Å²) in [7, 11) is 0. The molecule has 0 saturated carbocycles. The Morgan fingerprint density at radius 1 is 0.792 bits per heavy atom. The van der Waals surface area contributed by atoms with Gasteiger partial charge in [-0.15, -0.1) is 0 Å². The summed E-state index contributed by atoms with van der Waals surface area (Å²) in [5.41, 5.74) is 3.85. The molecule has 0 bridgehead atoms. The van der Waals surface area contributed by atoms with Crippen LogP contribution in [0.15, 0.2) is 78.9 Å². The van der Waals surface area contributed by atoms with Gasteiger partial charge in [0, 0.05) is 12.0 Å². The summed E-state index contributed by atoms with van der Waals surface area (Å²) in [4.78, 5) is 4.77. The maximum Gasteiger partial charge on any atom is 0.128 e. The van der Waals surface area contributed by atoms with Crippen LogP contribution in [-0.2, 0) is 13.0 Å². The number of imidazole rings is 1. The molecule has 0 aliphatic carbocycles. The Balaban J connectivity index is 1.80. The number of halogens is 1. The van der Waals surface area contributed by atoms with E-state index in [0.717, 1.165) is 23.3 Å². The Hall–Kier alpha value is -2.94. The van der Waals surface area contributed by atoms with Gasteiger partial charge < -0.3 is 4.57 Å². The fourth-order valence-electron chi connectivity index (χ4n) is 3.01. The number of aromatic nitrogens is 2. The van der Waals surface area contributed by atoms with Crippen molar-refractivity contribution in [3.63, 3.8) is 0 Å². The zero-order valence-electron chi connectivity index (χ0n) is 13.2. The minimum absolute atomic E-state index is 0.180. The van der Waals surface area contributed by atoms with Gasteiger partial charge in [0.25, 0.3) is 0 Å². The Labute approximate surface area is 140 Å². The van der Waals surface area contributed by atoms with Crippen molar-refractivity contribution in [3.05, 3.63) is 102 Å². The molecule has 0 spiro atoms. The fourth-order valence-corrected chi connectivity index (χ4v) is 3.01. The van der Waals surface area contributed by atoms with Crippen LogP contribution in [0.2, 0.25) is 0 Å².